The van der Waals surface area contributed by atoms with E-state index in [1.165, 1.54) is 37.8 Å². The molecule has 0 aliphatic heterocycles. The zero-order valence-corrected chi connectivity index (χ0v) is 11.5. The van der Waals surface area contributed by atoms with E-state index in [0.29, 0.717) is 10.7 Å². The monoisotopic (exact) mass is 285 g/mol. The highest BCUT2D eigenvalue weighted by Crippen LogP contribution is 2.34. The average Bonchev–Trinajstić information content (AvgIpc) is 2.61. The molecule has 90 valence electrons. The molecule has 1 aliphatic rings. The maximum Gasteiger partial charge on any atom is 0.0728 e. The molecule has 4 heteroatoms. The van der Waals surface area contributed by atoms with Crippen molar-refractivity contribution < 1.29 is 0 Å². The lowest BCUT2D eigenvalue weighted by Gasteiger charge is -2.16. The third-order valence-corrected chi connectivity index (χ3v) is 4.19. The molecule has 0 bridgehead atoms. The van der Waals surface area contributed by atoms with Crippen LogP contribution in [0.1, 0.15) is 57.1 Å². The molecule has 1 heterocycles. The van der Waals surface area contributed by atoms with Gasteiger partial charge in [0.2, 0.25) is 0 Å². The van der Waals surface area contributed by atoms with Crippen LogP contribution in [0.2, 0.25) is 0 Å². The van der Waals surface area contributed by atoms with Crippen molar-refractivity contribution in [2.24, 2.45) is 0 Å². The number of rotatable bonds is 3. The highest BCUT2D eigenvalue weighted by atomic mass is 79.9. The number of alkyl halides is 1. The summed E-state index contributed by atoms with van der Waals surface area (Å²) in [7, 11) is 0. The van der Waals surface area contributed by atoms with E-state index in [1.54, 1.807) is 0 Å². The van der Waals surface area contributed by atoms with E-state index < -0.39 is 0 Å². The summed E-state index contributed by atoms with van der Waals surface area (Å²) in [5.41, 5.74) is 1.34. The molecule has 2 unspecified atom stereocenters. The van der Waals surface area contributed by atoms with Crippen molar-refractivity contribution >= 4 is 15.9 Å². The van der Waals surface area contributed by atoms with Gasteiger partial charge in [0.05, 0.1) is 11.9 Å². The number of hydrogen-bond donors (Lipinski definition) is 0. The average molecular weight is 286 g/mol. The predicted octanol–water partition coefficient (Wildman–Crippen LogP) is 3.50. The predicted molar refractivity (Wildman–Crippen MR) is 68.9 cm³/mol. The smallest absolute Gasteiger partial charge is 0.0728 e. The fourth-order valence-electron chi connectivity index (χ4n) is 2.54. The van der Waals surface area contributed by atoms with E-state index in [9.17, 15) is 0 Å². The van der Waals surface area contributed by atoms with Crippen molar-refractivity contribution in [3.8, 4) is 0 Å². The molecule has 0 aromatic carbocycles. The van der Waals surface area contributed by atoms with Gasteiger partial charge in [0.25, 0.3) is 0 Å². The van der Waals surface area contributed by atoms with Crippen LogP contribution in [0, 0.1) is 0 Å². The van der Waals surface area contributed by atoms with Gasteiger partial charge in [-0.15, -0.1) is 5.10 Å². The fourth-order valence-corrected chi connectivity index (χ4v) is 3.31. The number of hydrogen-bond acceptors (Lipinski definition) is 2. The Morgan fingerprint density at radius 3 is 3.06 bits per heavy atom. The van der Waals surface area contributed by atoms with E-state index in [2.05, 4.69) is 37.8 Å². The first-order chi connectivity index (χ1) is 7.81. The molecule has 2 atom stereocenters. The molecule has 3 nitrogen and oxygen atoms in total. The summed E-state index contributed by atoms with van der Waals surface area (Å²) in [6.07, 6.45) is 9.61. The Balaban J connectivity index is 2.11. The SMILES string of the molecule is CCCn1nncc1C1CCCCC(Br)C1. The summed E-state index contributed by atoms with van der Waals surface area (Å²) in [6, 6.07) is 0. The molecular formula is C12H20BrN3. The number of halogens is 1. The van der Waals surface area contributed by atoms with Crippen LogP contribution in [0.4, 0.5) is 0 Å². The molecule has 1 aromatic heterocycles. The van der Waals surface area contributed by atoms with Crippen molar-refractivity contribution in [3.63, 3.8) is 0 Å². The molecule has 2 rings (SSSR count). The van der Waals surface area contributed by atoms with E-state index in [0.717, 1.165) is 13.0 Å². The Morgan fingerprint density at radius 2 is 2.25 bits per heavy atom. The molecule has 0 saturated heterocycles. The van der Waals surface area contributed by atoms with Crippen LogP contribution in [0.5, 0.6) is 0 Å². The van der Waals surface area contributed by atoms with Gasteiger partial charge in [0.1, 0.15) is 0 Å². The summed E-state index contributed by atoms with van der Waals surface area (Å²) in [6.45, 7) is 3.19. The van der Waals surface area contributed by atoms with Crippen LogP contribution in [-0.4, -0.2) is 19.8 Å². The Bertz CT molecular complexity index is 324. The van der Waals surface area contributed by atoms with Crippen molar-refractivity contribution in [3.05, 3.63) is 11.9 Å². The molecule has 16 heavy (non-hydrogen) atoms. The third kappa shape index (κ3) is 2.84. The van der Waals surface area contributed by atoms with E-state index in [4.69, 9.17) is 0 Å². The number of nitrogens with zero attached hydrogens (tertiary/aromatic N) is 3. The molecular weight excluding hydrogens is 266 g/mol. The molecule has 1 fully saturated rings. The minimum Gasteiger partial charge on any atom is -0.249 e. The van der Waals surface area contributed by atoms with E-state index >= 15 is 0 Å². The van der Waals surface area contributed by atoms with Crippen LogP contribution in [0.15, 0.2) is 6.20 Å². The second-order valence-corrected chi connectivity index (χ2v) is 5.99. The van der Waals surface area contributed by atoms with Gasteiger partial charge >= 0.3 is 0 Å². The van der Waals surface area contributed by atoms with Gasteiger partial charge in [-0.3, -0.25) is 0 Å². The summed E-state index contributed by atoms with van der Waals surface area (Å²) < 4.78 is 2.09. The summed E-state index contributed by atoms with van der Waals surface area (Å²) >= 11 is 3.78. The first-order valence-electron chi connectivity index (χ1n) is 6.33. The van der Waals surface area contributed by atoms with Crippen molar-refractivity contribution in [2.75, 3.05) is 0 Å². The minimum atomic E-state index is 0.647. The maximum absolute atomic E-state index is 4.19. The highest BCUT2D eigenvalue weighted by molar-refractivity contribution is 9.09. The van der Waals surface area contributed by atoms with Gasteiger partial charge < -0.3 is 0 Å². The molecule has 1 aliphatic carbocycles. The zero-order valence-electron chi connectivity index (χ0n) is 9.90. The van der Waals surface area contributed by atoms with Crippen molar-refractivity contribution in [1.29, 1.82) is 0 Å². The first kappa shape index (κ1) is 12.1. The summed E-state index contributed by atoms with van der Waals surface area (Å²) in [5, 5.41) is 8.26. The first-order valence-corrected chi connectivity index (χ1v) is 7.25. The minimum absolute atomic E-state index is 0.647. The van der Waals surface area contributed by atoms with E-state index in [-0.39, 0.29) is 0 Å². The number of aryl methyl sites for hydroxylation is 1. The Kier molecular flexibility index (Phi) is 4.38. The number of aromatic nitrogens is 3. The quantitative estimate of drug-likeness (QED) is 0.629. The van der Waals surface area contributed by atoms with Gasteiger partial charge in [-0.05, 0) is 25.7 Å². The maximum atomic E-state index is 4.19. The lowest BCUT2D eigenvalue weighted by molar-refractivity contribution is 0.497. The van der Waals surface area contributed by atoms with Gasteiger partial charge in [0.15, 0.2) is 0 Å². The van der Waals surface area contributed by atoms with Gasteiger partial charge in [-0.2, -0.15) is 0 Å². The third-order valence-electron chi connectivity index (χ3n) is 3.36. The second-order valence-electron chi connectivity index (χ2n) is 4.70. The highest BCUT2D eigenvalue weighted by Gasteiger charge is 2.22. The van der Waals surface area contributed by atoms with Crippen molar-refractivity contribution in [2.45, 2.75) is 62.7 Å². The molecule has 0 spiro atoms. The second kappa shape index (κ2) is 5.80. The fraction of sp³-hybridized carbons (Fsp3) is 0.833. The zero-order chi connectivity index (χ0) is 11.4. The van der Waals surface area contributed by atoms with Crippen LogP contribution in [0.25, 0.3) is 0 Å². The Morgan fingerprint density at radius 1 is 1.44 bits per heavy atom. The summed E-state index contributed by atoms with van der Waals surface area (Å²) in [5.74, 6) is 0.647. The van der Waals surface area contributed by atoms with Crippen LogP contribution in [-0.2, 0) is 6.54 Å². The lowest BCUT2D eigenvalue weighted by atomic mass is 9.97. The van der Waals surface area contributed by atoms with E-state index in [1.807, 2.05) is 6.20 Å². The van der Waals surface area contributed by atoms with Gasteiger partial charge in [-0.25, -0.2) is 4.68 Å². The normalized spacial score (nSPS) is 26.6. The van der Waals surface area contributed by atoms with Crippen LogP contribution in [0.3, 0.4) is 0 Å². The standard InChI is InChI=1S/C12H20BrN3/c1-2-7-16-12(9-14-15-16)10-5-3-4-6-11(13)8-10/h9-11H,2-8H2,1H3. The Labute approximate surface area is 106 Å². The topological polar surface area (TPSA) is 30.7 Å². The Hall–Kier alpha value is -0.380. The molecule has 1 aromatic rings. The van der Waals surface area contributed by atoms with Gasteiger partial charge in [-0.1, -0.05) is 40.9 Å². The van der Waals surface area contributed by atoms with Crippen LogP contribution >= 0.6 is 15.9 Å². The molecule has 0 N–H and O–H groups in total. The van der Waals surface area contributed by atoms with Crippen LogP contribution < -0.4 is 0 Å². The van der Waals surface area contributed by atoms with Crippen molar-refractivity contribution in [1.82, 2.24) is 15.0 Å². The lowest BCUT2D eigenvalue weighted by Crippen LogP contribution is -2.11. The molecule has 0 amide bonds. The largest absolute Gasteiger partial charge is 0.249 e. The van der Waals surface area contributed by atoms with Gasteiger partial charge in [0, 0.05) is 17.3 Å². The molecule has 1 saturated carbocycles. The summed E-state index contributed by atoms with van der Waals surface area (Å²) in [4.78, 5) is 0.671. The molecule has 0 radical (unpaired) electrons.